The fourth-order valence-electron chi connectivity index (χ4n) is 2.38. The van der Waals surface area contributed by atoms with Gasteiger partial charge in [-0.1, -0.05) is 18.5 Å². The summed E-state index contributed by atoms with van der Waals surface area (Å²) >= 11 is 5.97. The molecule has 1 aliphatic heterocycles. The van der Waals surface area contributed by atoms with Gasteiger partial charge in [0.05, 0.1) is 22.2 Å². The van der Waals surface area contributed by atoms with Crippen molar-refractivity contribution < 1.29 is 9.72 Å². The second-order valence-corrected chi connectivity index (χ2v) is 5.59. The normalized spacial score (nSPS) is 16.5. The average molecular weight is 327 g/mol. The summed E-state index contributed by atoms with van der Waals surface area (Å²) in [5.74, 6) is -0.215. The monoisotopic (exact) mass is 326 g/mol. The molecule has 0 spiro atoms. The van der Waals surface area contributed by atoms with Gasteiger partial charge in [-0.25, -0.2) is 0 Å². The summed E-state index contributed by atoms with van der Waals surface area (Å²) in [6.45, 7) is 6.96. The van der Waals surface area contributed by atoms with Gasteiger partial charge in [-0.05, 0) is 12.6 Å². The Labute approximate surface area is 134 Å². The molecule has 0 atom stereocenters. The van der Waals surface area contributed by atoms with E-state index in [-0.39, 0.29) is 28.8 Å². The fourth-order valence-corrected chi connectivity index (χ4v) is 2.54. The van der Waals surface area contributed by atoms with Gasteiger partial charge in [-0.2, -0.15) is 0 Å². The molecule has 0 radical (unpaired) electrons. The predicted octanol–water partition coefficient (Wildman–Crippen LogP) is 1.82. The van der Waals surface area contributed by atoms with E-state index in [9.17, 15) is 14.9 Å². The topological polar surface area (TPSA) is 78.7 Å². The van der Waals surface area contributed by atoms with Crippen LogP contribution in [0.25, 0.3) is 0 Å². The molecule has 1 heterocycles. The molecule has 1 saturated heterocycles. The van der Waals surface area contributed by atoms with E-state index in [1.807, 2.05) is 0 Å². The summed E-state index contributed by atoms with van der Waals surface area (Å²) in [4.78, 5) is 26.7. The molecule has 120 valence electrons. The number of benzene rings is 1. The number of hydrogen-bond acceptors (Lipinski definition) is 5. The van der Waals surface area contributed by atoms with Gasteiger partial charge in [0.1, 0.15) is 0 Å². The van der Waals surface area contributed by atoms with Crippen LogP contribution < -0.4 is 5.32 Å². The van der Waals surface area contributed by atoms with Crippen molar-refractivity contribution >= 4 is 28.9 Å². The summed E-state index contributed by atoms with van der Waals surface area (Å²) in [6, 6.07) is 3.99. The van der Waals surface area contributed by atoms with Crippen molar-refractivity contribution in [2.24, 2.45) is 0 Å². The Bertz CT molecular complexity index is 559. The summed E-state index contributed by atoms with van der Waals surface area (Å²) in [5, 5.41) is 13.7. The quantitative estimate of drug-likeness (QED) is 0.659. The molecule has 1 aromatic rings. The van der Waals surface area contributed by atoms with Crippen LogP contribution in [0.3, 0.4) is 0 Å². The number of rotatable bonds is 5. The van der Waals surface area contributed by atoms with Crippen LogP contribution in [-0.4, -0.2) is 59.9 Å². The molecule has 1 aliphatic rings. The first-order chi connectivity index (χ1) is 10.5. The molecule has 0 aliphatic carbocycles. The van der Waals surface area contributed by atoms with E-state index in [4.69, 9.17) is 11.6 Å². The minimum Gasteiger partial charge on any atom is -0.323 e. The molecule has 1 amide bonds. The number of nitrogens with one attached hydrogen (secondary N) is 1. The second kappa shape index (κ2) is 7.53. The van der Waals surface area contributed by atoms with Crippen LogP contribution in [0.15, 0.2) is 18.2 Å². The SMILES string of the molecule is CCN1CCN(CC(=O)Nc2cc([N+](=O)[O-])ccc2Cl)CC1. The Morgan fingerprint density at radius 2 is 1.95 bits per heavy atom. The average Bonchev–Trinajstić information content (AvgIpc) is 2.50. The zero-order chi connectivity index (χ0) is 16.1. The number of halogens is 1. The highest BCUT2D eigenvalue weighted by Gasteiger charge is 2.19. The van der Waals surface area contributed by atoms with Gasteiger partial charge in [0, 0.05) is 38.3 Å². The Kier molecular flexibility index (Phi) is 5.70. The number of amides is 1. The van der Waals surface area contributed by atoms with E-state index in [0.29, 0.717) is 0 Å². The maximum absolute atomic E-state index is 12.1. The molecule has 0 saturated carbocycles. The highest BCUT2D eigenvalue weighted by molar-refractivity contribution is 6.33. The Morgan fingerprint density at radius 3 is 2.55 bits per heavy atom. The molecule has 1 aromatic carbocycles. The predicted molar refractivity (Wildman–Crippen MR) is 85.3 cm³/mol. The minimum absolute atomic E-state index is 0.101. The lowest BCUT2D eigenvalue weighted by atomic mass is 10.2. The van der Waals surface area contributed by atoms with E-state index < -0.39 is 4.92 Å². The molecule has 0 unspecified atom stereocenters. The van der Waals surface area contributed by atoms with Crippen molar-refractivity contribution in [2.45, 2.75) is 6.92 Å². The first-order valence-electron chi connectivity index (χ1n) is 7.18. The van der Waals surface area contributed by atoms with Crippen molar-refractivity contribution in [1.29, 1.82) is 0 Å². The summed E-state index contributed by atoms with van der Waals surface area (Å²) in [5.41, 5.74) is 0.171. The molecule has 0 bridgehead atoms. The zero-order valence-corrected chi connectivity index (χ0v) is 13.2. The lowest BCUT2D eigenvalue weighted by Gasteiger charge is -2.33. The van der Waals surface area contributed by atoms with E-state index in [1.165, 1.54) is 18.2 Å². The van der Waals surface area contributed by atoms with Gasteiger partial charge in [0.15, 0.2) is 0 Å². The van der Waals surface area contributed by atoms with Crippen molar-refractivity contribution in [1.82, 2.24) is 9.80 Å². The van der Waals surface area contributed by atoms with Crippen molar-refractivity contribution in [3.8, 4) is 0 Å². The van der Waals surface area contributed by atoms with Gasteiger partial charge in [0.2, 0.25) is 5.91 Å². The number of nitro benzene ring substituents is 1. The third-order valence-corrected chi connectivity index (χ3v) is 4.04. The Hall–Kier alpha value is -1.70. The smallest absolute Gasteiger partial charge is 0.271 e. The molecule has 7 nitrogen and oxygen atoms in total. The molecule has 22 heavy (non-hydrogen) atoms. The highest BCUT2D eigenvalue weighted by Crippen LogP contribution is 2.26. The number of likely N-dealkylation sites (N-methyl/N-ethyl adjacent to an activating group) is 1. The highest BCUT2D eigenvalue weighted by atomic mass is 35.5. The number of carbonyl (C=O) groups excluding carboxylic acids is 1. The van der Waals surface area contributed by atoms with Crippen LogP contribution in [0.1, 0.15) is 6.92 Å². The van der Waals surface area contributed by atoms with Crippen LogP contribution in [-0.2, 0) is 4.79 Å². The first-order valence-corrected chi connectivity index (χ1v) is 7.56. The maximum Gasteiger partial charge on any atom is 0.271 e. The Morgan fingerprint density at radius 1 is 1.32 bits per heavy atom. The molecule has 1 fully saturated rings. The lowest BCUT2D eigenvalue weighted by Crippen LogP contribution is -2.48. The van der Waals surface area contributed by atoms with Crippen LogP contribution in [0.4, 0.5) is 11.4 Å². The standard InChI is InChI=1S/C14H19ClN4O3/c1-2-17-5-7-18(8-6-17)10-14(20)16-13-9-11(19(21)22)3-4-12(13)15/h3-4,9H,2,5-8,10H2,1H3,(H,16,20). The summed E-state index contributed by atoms with van der Waals surface area (Å²) in [6.07, 6.45) is 0. The van der Waals surface area contributed by atoms with Crippen molar-refractivity contribution in [3.05, 3.63) is 33.3 Å². The summed E-state index contributed by atoms with van der Waals surface area (Å²) in [7, 11) is 0. The van der Waals surface area contributed by atoms with Gasteiger partial charge in [-0.15, -0.1) is 0 Å². The largest absolute Gasteiger partial charge is 0.323 e. The van der Waals surface area contributed by atoms with Gasteiger partial charge in [-0.3, -0.25) is 19.8 Å². The van der Waals surface area contributed by atoms with E-state index in [2.05, 4.69) is 22.0 Å². The number of carbonyl (C=O) groups is 1. The summed E-state index contributed by atoms with van der Waals surface area (Å²) < 4.78 is 0. The number of piperazine rings is 1. The van der Waals surface area contributed by atoms with E-state index >= 15 is 0 Å². The van der Waals surface area contributed by atoms with Crippen molar-refractivity contribution in [2.75, 3.05) is 44.6 Å². The third kappa shape index (κ3) is 4.40. The molecule has 8 heteroatoms. The maximum atomic E-state index is 12.1. The van der Waals surface area contributed by atoms with Crippen LogP contribution in [0, 0.1) is 10.1 Å². The molecular formula is C14H19ClN4O3. The number of hydrogen-bond donors (Lipinski definition) is 1. The number of nitrogens with zero attached hydrogens (tertiary/aromatic N) is 3. The second-order valence-electron chi connectivity index (χ2n) is 5.18. The molecule has 1 N–H and O–H groups in total. The molecule has 0 aromatic heterocycles. The van der Waals surface area contributed by atoms with Gasteiger partial charge in [0.25, 0.3) is 5.69 Å². The van der Waals surface area contributed by atoms with Crippen molar-refractivity contribution in [3.63, 3.8) is 0 Å². The van der Waals surface area contributed by atoms with E-state index in [1.54, 1.807) is 0 Å². The van der Waals surface area contributed by atoms with Crippen LogP contribution >= 0.6 is 11.6 Å². The van der Waals surface area contributed by atoms with E-state index in [0.717, 1.165) is 32.7 Å². The fraction of sp³-hybridized carbons (Fsp3) is 0.500. The number of anilines is 1. The van der Waals surface area contributed by atoms with Gasteiger partial charge < -0.3 is 10.2 Å². The Balaban J connectivity index is 1.92. The van der Waals surface area contributed by atoms with Gasteiger partial charge >= 0.3 is 0 Å². The third-order valence-electron chi connectivity index (χ3n) is 3.71. The minimum atomic E-state index is -0.518. The number of non-ortho nitro benzene ring substituents is 1. The van der Waals surface area contributed by atoms with Crippen LogP contribution in [0.5, 0.6) is 0 Å². The van der Waals surface area contributed by atoms with Crippen LogP contribution in [0.2, 0.25) is 5.02 Å². The number of nitro groups is 1. The zero-order valence-electron chi connectivity index (χ0n) is 12.4. The molecule has 2 rings (SSSR count). The first kappa shape index (κ1) is 16.7. The molecular weight excluding hydrogens is 308 g/mol. The lowest BCUT2D eigenvalue weighted by molar-refractivity contribution is -0.384.